The summed E-state index contributed by atoms with van der Waals surface area (Å²) in [6.45, 7) is 9.28. The number of ether oxygens (including phenoxy) is 1. The van der Waals surface area contributed by atoms with Crippen LogP contribution in [-0.2, 0) is 6.54 Å². The van der Waals surface area contributed by atoms with Gasteiger partial charge >= 0.3 is 0 Å². The molecule has 0 aliphatic heterocycles. The third-order valence-electron chi connectivity index (χ3n) is 5.41. The highest BCUT2D eigenvalue weighted by atomic mass is 16.5. The van der Waals surface area contributed by atoms with Crippen LogP contribution in [0.1, 0.15) is 32.8 Å². The van der Waals surface area contributed by atoms with Gasteiger partial charge < -0.3 is 9.30 Å². The molecular weight excluding hydrogens is 388 g/mol. The van der Waals surface area contributed by atoms with Crippen LogP contribution in [0.2, 0.25) is 0 Å². The molecule has 0 unspecified atom stereocenters. The van der Waals surface area contributed by atoms with Gasteiger partial charge in [0.2, 0.25) is 0 Å². The minimum atomic E-state index is -0.0162. The lowest BCUT2D eigenvalue weighted by Gasteiger charge is -2.18. The smallest absolute Gasteiger partial charge is 0.251 e. The van der Waals surface area contributed by atoms with Crippen LogP contribution in [0.15, 0.2) is 59.8 Å². The first-order valence-corrected chi connectivity index (χ1v) is 10.5. The highest BCUT2D eigenvalue weighted by Gasteiger charge is 2.15. The second-order valence-corrected chi connectivity index (χ2v) is 9.10. The van der Waals surface area contributed by atoms with E-state index in [0.29, 0.717) is 6.54 Å². The lowest BCUT2D eigenvalue weighted by molar-refractivity contribution is 0.348. The van der Waals surface area contributed by atoms with E-state index in [1.807, 2.05) is 43.6 Å². The molecule has 4 aromatic rings. The molecule has 160 valence electrons. The maximum atomic E-state index is 12.7. The number of fused-ring (bicyclic) bond motifs is 1. The Morgan fingerprint density at radius 2 is 1.84 bits per heavy atom. The number of hydrogen-bond acceptors (Lipinski definition) is 4. The summed E-state index contributed by atoms with van der Waals surface area (Å²) in [7, 11) is 1.66. The standard InChI is InChI=1S/C25H28N4O2/c1-17-6-7-22(31-5)19(14-17)20-16-26-29-12-9-21(27-24(20)29)18-8-11-28(23(30)15-18)13-10-25(2,3)4/h6-9,11-12,14-16H,10,13H2,1-5H3. The molecule has 0 bridgehead atoms. The lowest BCUT2D eigenvalue weighted by Crippen LogP contribution is -2.21. The number of methoxy groups -OCH3 is 1. The van der Waals surface area contributed by atoms with Gasteiger partial charge in [0.05, 0.1) is 24.6 Å². The first-order valence-electron chi connectivity index (χ1n) is 10.5. The third-order valence-corrected chi connectivity index (χ3v) is 5.41. The zero-order valence-corrected chi connectivity index (χ0v) is 18.7. The zero-order valence-electron chi connectivity index (χ0n) is 18.7. The average Bonchev–Trinajstić information content (AvgIpc) is 3.15. The maximum Gasteiger partial charge on any atom is 0.251 e. The molecule has 1 aromatic carbocycles. The van der Waals surface area contributed by atoms with E-state index in [4.69, 9.17) is 9.72 Å². The third kappa shape index (κ3) is 4.38. The van der Waals surface area contributed by atoms with Crippen molar-refractivity contribution < 1.29 is 4.74 Å². The minimum Gasteiger partial charge on any atom is -0.496 e. The minimum absolute atomic E-state index is 0.0162. The van der Waals surface area contributed by atoms with Gasteiger partial charge in [-0.3, -0.25) is 4.79 Å². The van der Waals surface area contributed by atoms with Gasteiger partial charge in [-0.25, -0.2) is 9.50 Å². The Balaban J connectivity index is 1.74. The fourth-order valence-electron chi connectivity index (χ4n) is 3.56. The number of benzene rings is 1. The van der Waals surface area contributed by atoms with E-state index in [0.717, 1.165) is 45.8 Å². The molecule has 0 atom stereocenters. The molecule has 0 saturated heterocycles. The van der Waals surface area contributed by atoms with Crippen molar-refractivity contribution in [1.29, 1.82) is 0 Å². The Morgan fingerprint density at radius 3 is 2.55 bits per heavy atom. The summed E-state index contributed by atoms with van der Waals surface area (Å²) in [6.07, 6.45) is 6.46. The molecule has 31 heavy (non-hydrogen) atoms. The summed E-state index contributed by atoms with van der Waals surface area (Å²) in [5, 5.41) is 4.45. The second kappa shape index (κ2) is 8.02. The first kappa shape index (κ1) is 20.8. The van der Waals surface area contributed by atoms with Crippen LogP contribution in [0.25, 0.3) is 28.0 Å². The molecule has 0 radical (unpaired) electrons. The first-order chi connectivity index (χ1) is 14.7. The van der Waals surface area contributed by atoms with Crippen LogP contribution in [0.3, 0.4) is 0 Å². The van der Waals surface area contributed by atoms with Gasteiger partial charge in [0.25, 0.3) is 5.56 Å². The molecule has 0 N–H and O–H groups in total. The van der Waals surface area contributed by atoms with Gasteiger partial charge in [0, 0.05) is 36.1 Å². The lowest BCUT2D eigenvalue weighted by atomic mass is 9.92. The van der Waals surface area contributed by atoms with E-state index < -0.39 is 0 Å². The molecule has 0 fully saturated rings. The number of rotatable bonds is 5. The number of aromatic nitrogens is 4. The van der Waals surface area contributed by atoms with Crippen molar-refractivity contribution in [3.05, 3.63) is 70.9 Å². The fraction of sp³-hybridized carbons (Fsp3) is 0.320. The van der Waals surface area contributed by atoms with Gasteiger partial charge in [-0.2, -0.15) is 5.10 Å². The van der Waals surface area contributed by atoms with E-state index in [1.165, 1.54) is 0 Å². The van der Waals surface area contributed by atoms with Gasteiger partial charge in [-0.15, -0.1) is 0 Å². The van der Waals surface area contributed by atoms with Crippen molar-refractivity contribution in [1.82, 2.24) is 19.2 Å². The molecule has 4 rings (SSSR count). The molecule has 0 saturated carbocycles. The topological polar surface area (TPSA) is 61.4 Å². The van der Waals surface area contributed by atoms with Gasteiger partial charge in [-0.1, -0.05) is 32.4 Å². The van der Waals surface area contributed by atoms with Crippen LogP contribution >= 0.6 is 0 Å². The van der Waals surface area contributed by atoms with Crippen molar-refractivity contribution in [2.75, 3.05) is 7.11 Å². The summed E-state index contributed by atoms with van der Waals surface area (Å²) < 4.78 is 9.06. The van der Waals surface area contributed by atoms with Crippen molar-refractivity contribution in [3.8, 4) is 28.1 Å². The highest BCUT2D eigenvalue weighted by molar-refractivity contribution is 5.82. The summed E-state index contributed by atoms with van der Waals surface area (Å²) in [5.41, 5.74) is 5.38. The number of hydrogen-bond donors (Lipinski definition) is 0. The molecule has 0 aliphatic rings. The molecule has 3 aromatic heterocycles. The quantitative estimate of drug-likeness (QED) is 0.460. The van der Waals surface area contributed by atoms with Crippen molar-refractivity contribution in [3.63, 3.8) is 0 Å². The Bertz CT molecular complexity index is 1300. The summed E-state index contributed by atoms with van der Waals surface area (Å²) in [4.78, 5) is 17.5. The Labute approximate surface area is 182 Å². The summed E-state index contributed by atoms with van der Waals surface area (Å²) >= 11 is 0. The normalized spacial score (nSPS) is 11.8. The van der Waals surface area contributed by atoms with Gasteiger partial charge in [0.15, 0.2) is 5.65 Å². The summed E-state index contributed by atoms with van der Waals surface area (Å²) in [5.74, 6) is 0.772. The molecule has 0 spiro atoms. The van der Waals surface area contributed by atoms with E-state index in [2.05, 4.69) is 31.9 Å². The number of pyridine rings is 1. The SMILES string of the molecule is COc1ccc(C)cc1-c1cnn2ccc(-c3ccn(CCC(C)(C)C)c(=O)c3)nc12. The van der Waals surface area contributed by atoms with E-state index in [-0.39, 0.29) is 11.0 Å². The molecule has 0 amide bonds. The predicted octanol–water partition coefficient (Wildman–Crippen LogP) is 4.98. The van der Waals surface area contributed by atoms with Gasteiger partial charge in [0.1, 0.15) is 5.75 Å². The molecule has 3 heterocycles. The number of aryl methyl sites for hydroxylation is 2. The Kier molecular flexibility index (Phi) is 5.39. The van der Waals surface area contributed by atoms with Crippen LogP contribution in [-0.4, -0.2) is 26.3 Å². The van der Waals surface area contributed by atoms with E-state index in [1.54, 1.807) is 28.5 Å². The van der Waals surface area contributed by atoms with Crippen molar-refractivity contribution in [2.24, 2.45) is 5.41 Å². The average molecular weight is 417 g/mol. The van der Waals surface area contributed by atoms with Crippen LogP contribution in [0.4, 0.5) is 0 Å². The van der Waals surface area contributed by atoms with Crippen LogP contribution in [0.5, 0.6) is 5.75 Å². The molecule has 6 heteroatoms. The second-order valence-electron chi connectivity index (χ2n) is 9.10. The number of nitrogens with zero attached hydrogens (tertiary/aromatic N) is 4. The molecular formula is C25H28N4O2. The van der Waals surface area contributed by atoms with Gasteiger partial charge in [-0.05, 0) is 43.0 Å². The largest absolute Gasteiger partial charge is 0.496 e. The maximum absolute atomic E-state index is 12.7. The van der Waals surface area contributed by atoms with Crippen LogP contribution in [0, 0.1) is 12.3 Å². The van der Waals surface area contributed by atoms with Crippen molar-refractivity contribution in [2.45, 2.75) is 40.7 Å². The summed E-state index contributed by atoms with van der Waals surface area (Å²) in [6, 6.07) is 11.5. The van der Waals surface area contributed by atoms with E-state index >= 15 is 0 Å². The monoisotopic (exact) mass is 416 g/mol. The predicted molar refractivity (Wildman–Crippen MR) is 123 cm³/mol. The molecule has 6 nitrogen and oxygen atoms in total. The fourth-order valence-corrected chi connectivity index (χ4v) is 3.56. The van der Waals surface area contributed by atoms with E-state index in [9.17, 15) is 4.79 Å². The molecule has 0 aliphatic carbocycles. The Morgan fingerprint density at radius 1 is 1.03 bits per heavy atom. The zero-order chi connectivity index (χ0) is 22.2. The van der Waals surface area contributed by atoms with Crippen molar-refractivity contribution >= 4 is 5.65 Å². The Hall–Kier alpha value is -3.41. The van der Waals surface area contributed by atoms with Crippen LogP contribution < -0.4 is 10.3 Å². The highest BCUT2D eigenvalue weighted by Crippen LogP contribution is 2.33.